The number of carbonyl (C=O) groups excluding carboxylic acids is 1. The van der Waals surface area contributed by atoms with Crippen LogP contribution in [0.3, 0.4) is 0 Å². The van der Waals surface area contributed by atoms with Gasteiger partial charge < -0.3 is 10.4 Å². The summed E-state index contributed by atoms with van der Waals surface area (Å²) in [6, 6.07) is 4.39. The third-order valence-corrected chi connectivity index (χ3v) is 4.20. The third-order valence-electron chi connectivity index (χ3n) is 3.97. The van der Waals surface area contributed by atoms with Crippen molar-refractivity contribution in [3.8, 4) is 0 Å². The standard InChI is InChI=1S/C15H18ClNO3/c1-15(7-3-2-4-8-15)14(20)17-12-9-10(16)5-6-11(12)13(18)19/h5-6,9H,2-4,7-8H2,1H3,(H,17,20)(H,18,19). The van der Waals surface area contributed by atoms with Gasteiger partial charge in [-0.15, -0.1) is 0 Å². The second-order valence-corrected chi connectivity index (χ2v) is 6.01. The molecule has 0 heterocycles. The van der Waals surface area contributed by atoms with Crippen molar-refractivity contribution in [3.05, 3.63) is 28.8 Å². The highest BCUT2D eigenvalue weighted by atomic mass is 35.5. The maximum absolute atomic E-state index is 12.4. The molecule has 0 saturated heterocycles. The molecule has 0 aromatic heterocycles. The van der Waals surface area contributed by atoms with Crippen LogP contribution in [-0.4, -0.2) is 17.0 Å². The summed E-state index contributed by atoms with van der Waals surface area (Å²) >= 11 is 5.88. The molecule has 1 aliphatic rings. The van der Waals surface area contributed by atoms with E-state index in [1.165, 1.54) is 18.2 Å². The lowest BCUT2D eigenvalue weighted by Gasteiger charge is -2.32. The van der Waals surface area contributed by atoms with Gasteiger partial charge in [0.05, 0.1) is 11.3 Å². The molecular weight excluding hydrogens is 278 g/mol. The molecule has 1 aliphatic carbocycles. The molecule has 4 nitrogen and oxygen atoms in total. The number of carboxylic acids is 1. The molecule has 2 N–H and O–H groups in total. The van der Waals surface area contributed by atoms with E-state index in [1.807, 2.05) is 6.92 Å². The van der Waals surface area contributed by atoms with Crippen molar-refractivity contribution in [2.24, 2.45) is 5.41 Å². The first-order valence-electron chi connectivity index (χ1n) is 6.77. The summed E-state index contributed by atoms with van der Waals surface area (Å²) < 4.78 is 0. The second kappa shape index (κ2) is 5.83. The van der Waals surface area contributed by atoms with Crippen LogP contribution in [0.5, 0.6) is 0 Å². The SMILES string of the molecule is CC1(C(=O)Nc2cc(Cl)ccc2C(=O)O)CCCCC1. The van der Waals surface area contributed by atoms with Gasteiger partial charge in [-0.25, -0.2) is 4.79 Å². The van der Waals surface area contributed by atoms with Crippen molar-refractivity contribution < 1.29 is 14.7 Å². The van der Waals surface area contributed by atoms with Crippen molar-refractivity contribution in [2.45, 2.75) is 39.0 Å². The number of carbonyl (C=O) groups is 2. The number of hydrogen-bond acceptors (Lipinski definition) is 2. The van der Waals surface area contributed by atoms with E-state index in [9.17, 15) is 9.59 Å². The number of aromatic carboxylic acids is 1. The summed E-state index contributed by atoms with van der Waals surface area (Å²) in [4.78, 5) is 23.6. The van der Waals surface area contributed by atoms with Crippen LogP contribution in [0.2, 0.25) is 5.02 Å². The minimum atomic E-state index is -1.08. The Morgan fingerprint density at radius 1 is 1.25 bits per heavy atom. The van der Waals surface area contributed by atoms with Crippen LogP contribution in [0, 0.1) is 5.41 Å². The zero-order valence-electron chi connectivity index (χ0n) is 11.4. The Morgan fingerprint density at radius 3 is 2.50 bits per heavy atom. The smallest absolute Gasteiger partial charge is 0.337 e. The molecule has 0 bridgehead atoms. The maximum Gasteiger partial charge on any atom is 0.337 e. The van der Waals surface area contributed by atoms with E-state index in [2.05, 4.69) is 5.32 Å². The summed E-state index contributed by atoms with van der Waals surface area (Å²) in [6.45, 7) is 1.94. The molecule has 0 radical (unpaired) electrons. The van der Waals surface area contributed by atoms with Crippen LogP contribution < -0.4 is 5.32 Å². The quantitative estimate of drug-likeness (QED) is 0.887. The lowest BCUT2D eigenvalue weighted by atomic mass is 9.75. The van der Waals surface area contributed by atoms with Crippen molar-refractivity contribution in [1.82, 2.24) is 0 Å². The van der Waals surface area contributed by atoms with Gasteiger partial charge in [0.25, 0.3) is 0 Å². The van der Waals surface area contributed by atoms with Gasteiger partial charge in [-0.1, -0.05) is 37.8 Å². The molecule has 2 rings (SSSR count). The molecule has 1 fully saturated rings. The lowest BCUT2D eigenvalue weighted by molar-refractivity contribution is -0.126. The Labute approximate surface area is 123 Å². The van der Waals surface area contributed by atoms with Crippen LogP contribution >= 0.6 is 11.6 Å². The molecule has 20 heavy (non-hydrogen) atoms. The number of carboxylic acid groups (broad SMARTS) is 1. The minimum Gasteiger partial charge on any atom is -0.478 e. The Hall–Kier alpha value is -1.55. The first-order valence-corrected chi connectivity index (χ1v) is 7.14. The monoisotopic (exact) mass is 295 g/mol. The van der Waals surface area contributed by atoms with Gasteiger partial charge in [0.15, 0.2) is 0 Å². The number of hydrogen-bond donors (Lipinski definition) is 2. The predicted octanol–water partition coefficient (Wildman–Crippen LogP) is 3.95. The topological polar surface area (TPSA) is 66.4 Å². The Balaban J connectivity index is 2.23. The molecule has 0 unspecified atom stereocenters. The fourth-order valence-electron chi connectivity index (χ4n) is 2.64. The zero-order valence-corrected chi connectivity index (χ0v) is 12.2. The van der Waals surface area contributed by atoms with Gasteiger partial charge in [-0.05, 0) is 31.0 Å². The molecule has 5 heteroatoms. The van der Waals surface area contributed by atoms with E-state index in [0.717, 1.165) is 32.1 Å². The average molecular weight is 296 g/mol. The van der Waals surface area contributed by atoms with Crippen molar-refractivity contribution >= 4 is 29.2 Å². The fourth-order valence-corrected chi connectivity index (χ4v) is 2.81. The molecule has 0 spiro atoms. The van der Waals surface area contributed by atoms with Crippen molar-refractivity contribution in [2.75, 3.05) is 5.32 Å². The minimum absolute atomic E-state index is 0.0576. The van der Waals surface area contributed by atoms with Crippen molar-refractivity contribution in [3.63, 3.8) is 0 Å². The highest BCUT2D eigenvalue weighted by Gasteiger charge is 2.35. The first kappa shape index (κ1) is 14.9. The highest BCUT2D eigenvalue weighted by molar-refractivity contribution is 6.31. The number of nitrogens with one attached hydrogen (secondary N) is 1. The molecule has 108 valence electrons. The third kappa shape index (κ3) is 3.12. The van der Waals surface area contributed by atoms with Crippen molar-refractivity contribution in [1.29, 1.82) is 0 Å². The fraction of sp³-hybridized carbons (Fsp3) is 0.467. The van der Waals surface area contributed by atoms with E-state index in [1.54, 1.807) is 0 Å². The number of anilines is 1. The van der Waals surface area contributed by atoms with Crippen LogP contribution in [-0.2, 0) is 4.79 Å². The molecule has 1 saturated carbocycles. The van der Waals surface area contributed by atoms with Gasteiger partial charge in [-0.3, -0.25) is 4.79 Å². The van der Waals surface area contributed by atoms with E-state index in [0.29, 0.717) is 5.02 Å². The van der Waals surface area contributed by atoms with E-state index >= 15 is 0 Å². The maximum atomic E-state index is 12.4. The summed E-state index contributed by atoms with van der Waals surface area (Å²) in [6.07, 6.45) is 4.89. The van der Waals surface area contributed by atoms with Crippen LogP contribution in [0.1, 0.15) is 49.4 Å². The van der Waals surface area contributed by atoms with Crippen LogP contribution in [0.15, 0.2) is 18.2 Å². The molecule has 1 amide bonds. The normalized spacial score (nSPS) is 17.5. The summed E-state index contributed by atoms with van der Waals surface area (Å²) in [5.74, 6) is -1.20. The number of rotatable bonds is 3. The Kier molecular flexibility index (Phi) is 4.33. The summed E-state index contributed by atoms with van der Waals surface area (Å²) in [5.41, 5.74) is -0.0972. The lowest BCUT2D eigenvalue weighted by Crippen LogP contribution is -2.35. The van der Waals surface area contributed by atoms with Gasteiger partial charge in [0.2, 0.25) is 5.91 Å². The summed E-state index contributed by atoms with van der Waals surface area (Å²) in [7, 11) is 0. The first-order chi connectivity index (χ1) is 9.42. The average Bonchev–Trinajstić information content (AvgIpc) is 2.39. The molecule has 1 aromatic carbocycles. The Morgan fingerprint density at radius 2 is 1.90 bits per heavy atom. The van der Waals surface area contributed by atoms with E-state index in [-0.39, 0.29) is 17.2 Å². The van der Waals surface area contributed by atoms with Crippen LogP contribution in [0.25, 0.3) is 0 Å². The van der Waals surface area contributed by atoms with Gasteiger partial charge in [0, 0.05) is 10.4 Å². The summed E-state index contributed by atoms with van der Waals surface area (Å²) in [5, 5.41) is 12.3. The highest BCUT2D eigenvalue weighted by Crippen LogP contribution is 2.37. The van der Waals surface area contributed by atoms with Gasteiger partial charge in [0.1, 0.15) is 0 Å². The van der Waals surface area contributed by atoms with Gasteiger partial charge >= 0.3 is 5.97 Å². The molecule has 0 atom stereocenters. The number of halogens is 1. The van der Waals surface area contributed by atoms with Gasteiger partial charge in [-0.2, -0.15) is 0 Å². The molecule has 1 aromatic rings. The largest absolute Gasteiger partial charge is 0.478 e. The van der Waals surface area contributed by atoms with E-state index < -0.39 is 11.4 Å². The zero-order chi connectivity index (χ0) is 14.8. The second-order valence-electron chi connectivity index (χ2n) is 5.57. The molecular formula is C15H18ClNO3. The number of benzene rings is 1. The van der Waals surface area contributed by atoms with E-state index in [4.69, 9.17) is 16.7 Å². The number of amides is 1. The Bertz CT molecular complexity index is 536. The predicted molar refractivity (Wildman–Crippen MR) is 78.2 cm³/mol. The van der Waals surface area contributed by atoms with Crippen LogP contribution in [0.4, 0.5) is 5.69 Å². The molecule has 0 aliphatic heterocycles.